The third-order valence-corrected chi connectivity index (χ3v) is 3.40. The number of nitrogens with zero attached hydrogens (tertiary/aromatic N) is 5. The molecule has 6 nitrogen and oxygen atoms in total. The highest BCUT2D eigenvalue weighted by molar-refractivity contribution is 5.85. The van der Waals surface area contributed by atoms with Gasteiger partial charge in [0, 0.05) is 33.4 Å². The van der Waals surface area contributed by atoms with Crippen molar-refractivity contribution >= 4 is 0 Å². The van der Waals surface area contributed by atoms with Crippen LogP contribution in [-0.2, 0) is 4.74 Å². The Labute approximate surface area is 140 Å². The van der Waals surface area contributed by atoms with E-state index < -0.39 is 5.41 Å². The van der Waals surface area contributed by atoms with Crippen LogP contribution in [0.3, 0.4) is 0 Å². The Balaban J connectivity index is 4.02. The van der Waals surface area contributed by atoms with Crippen LogP contribution in [0.4, 0.5) is 0 Å². The van der Waals surface area contributed by atoms with Crippen molar-refractivity contribution in [2.75, 3.05) is 0 Å². The van der Waals surface area contributed by atoms with Crippen LogP contribution < -0.4 is 0 Å². The lowest BCUT2D eigenvalue weighted by Gasteiger charge is -2.34. The van der Waals surface area contributed by atoms with Gasteiger partial charge in [-0.15, -0.1) is 5.26 Å². The first-order chi connectivity index (χ1) is 11.3. The van der Waals surface area contributed by atoms with Crippen molar-refractivity contribution in [3.8, 4) is 30.5 Å². The van der Waals surface area contributed by atoms with E-state index in [9.17, 15) is 10.5 Å². The second kappa shape index (κ2) is 6.98. The molecule has 0 atom stereocenters. The number of allylic oxidation sites excluding steroid dienone is 7. The van der Waals surface area contributed by atoms with E-state index in [0.29, 0.717) is 22.3 Å². The van der Waals surface area contributed by atoms with Gasteiger partial charge in [-0.1, -0.05) is 20.8 Å². The fraction of sp³-hybridized carbons (Fsp3) is 0.278. The van der Waals surface area contributed by atoms with Crippen LogP contribution >= 0.6 is 0 Å². The Morgan fingerprint density at radius 2 is 1.46 bits per heavy atom. The van der Waals surface area contributed by atoms with Crippen molar-refractivity contribution in [3.05, 3.63) is 45.3 Å². The van der Waals surface area contributed by atoms with Crippen molar-refractivity contribution in [1.82, 2.24) is 0 Å². The second-order valence-corrected chi connectivity index (χ2v) is 5.94. The molecule has 1 saturated carbocycles. The van der Waals surface area contributed by atoms with Gasteiger partial charge in [-0.2, -0.15) is 21.0 Å². The van der Waals surface area contributed by atoms with Gasteiger partial charge >= 0.3 is 0 Å². The predicted molar refractivity (Wildman–Crippen MR) is 83.4 cm³/mol. The Hall–Kier alpha value is -3.79. The maximum absolute atomic E-state index is 9.56. The molecule has 0 saturated heterocycles. The summed E-state index contributed by atoms with van der Waals surface area (Å²) in [5.74, 6) is 0. The van der Waals surface area contributed by atoms with Gasteiger partial charge in [0.1, 0.15) is 24.0 Å². The highest BCUT2D eigenvalue weighted by atomic mass is 16.5. The lowest BCUT2D eigenvalue weighted by atomic mass is 9.66. The highest BCUT2D eigenvalue weighted by Crippen LogP contribution is 2.51. The van der Waals surface area contributed by atoms with Crippen LogP contribution in [0.5, 0.6) is 0 Å². The van der Waals surface area contributed by atoms with Crippen molar-refractivity contribution < 1.29 is 4.74 Å². The Morgan fingerprint density at radius 3 is 1.83 bits per heavy atom. The zero-order valence-corrected chi connectivity index (χ0v) is 13.7. The maximum atomic E-state index is 9.56. The lowest BCUT2D eigenvalue weighted by Crippen LogP contribution is -2.23. The van der Waals surface area contributed by atoms with Gasteiger partial charge in [0.15, 0.2) is 0 Å². The molecule has 0 aliphatic heterocycles. The smallest absolute Gasteiger partial charge is 0.291 e. The van der Waals surface area contributed by atoms with Crippen LogP contribution in [0.25, 0.3) is 0 Å². The van der Waals surface area contributed by atoms with Crippen molar-refractivity contribution in [2.24, 2.45) is 5.41 Å². The van der Waals surface area contributed by atoms with E-state index in [1.807, 2.05) is 26.8 Å². The number of hydrogen-bond donors (Lipinski definition) is 0. The molecule has 0 spiro atoms. The Morgan fingerprint density at radius 1 is 0.875 bits per heavy atom. The first-order valence-corrected chi connectivity index (χ1v) is 6.85. The van der Waals surface area contributed by atoms with Crippen molar-refractivity contribution in [1.29, 1.82) is 26.3 Å². The third kappa shape index (κ3) is 3.03. The molecule has 6 heteroatoms. The maximum Gasteiger partial charge on any atom is 0.291 e. The van der Waals surface area contributed by atoms with Gasteiger partial charge in [-0.05, 0) is 12.3 Å². The summed E-state index contributed by atoms with van der Waals surface area (Å²) in [6.45, 7) is 7.04. The van der Waals surface area contributed by atoms with E-state index in [1.165, 1.54) is 6.26 Å². The first-order valence-electron chi connectivity index (χ1n) is 6.85. The summed E-state index contributed by atoms with van der Waals surface area (Å²) in [6, 6.07) is 7.66. The molecule has 1 fully saturated rings. The number of nitriles is 5. The summed E-state index contributed by atoms with van der Waals surface area (Å²) in [5, 5.41) is 45.8. The van der Waals surface area contributed by atoms with E-state index in [-0.39, 0.29) is 16.7 Å². The van der Waals surface area contributed by atoms with Crippen LogP contribution in [0, 0.1) is 62.3 Å². The summed E-state index contributed by atoms with van der Waals surface area (Å²) in [5.41, 5.74) is 1.22. The summed E-state index contributed by atoms with van der Waals surface area (Å²) in [4.78, 5) is 0. The van der Waals surface area contributed by atoms with E-state index in [0.717, 1.165) is 6.26 Å². The fourth-order valence-electron chi connectivity index (χ4n) is 2.35. The summed E-state index contributed by atoms with van der Waals surface area (Å²) < 4.78 is 4.65. The van der Waals surface area contributed by atoms with Gasteiger partial charge in [-0.25, -0.2) is 0 Å². The van der Waals surface area contributed by atoms with Crippen LogP contribution in [0.2, 0.25) is 0 Å². The molecule has 0 N–H and O–H groups in total. The largest absolute Gasteiger partial charge is 0.395 e. The highest BCUT2D eigenvalue weighted by Gasteiger charge is 2.40. The molecule has 0 radical (unpaired) electrons. The summed E-state index contributed by atoms with van der Waals surface area (Å²) in [7, 11) is 0. The Kier molecular flexibility index (Phi) is 5.31. The lowest BCUT2D eigenvalue weighted by molar-refractivity contribution is 0.423. The fourth-order valence-corrected chi connectivity index (χ4v) is 2.35. The standard InChI is InChI=1S/C18H13N5O/c1-11(5-19)15-16(12(6-20)7-21)13(9-24-10-23)17(15)14(8-22)18(2,3)4/h9H,1-4H3/b13-9-,15-11-,17-14+. The second-order valence-electron chi connectivity index (χ2n) is 5.94. The molecule has 0 bridgehead atoms. The molecular formula is C18H13N5O. The quantitative estimate of drug-likeness (QED) is 0.414. The van der Waals surface area contributed by atoms with Gasteiger partial charge in [0.2, 0.25) is 0 Å². The Bertz CT molecular complexity index is 901. The average molecular weight is 315 g/mol. The number of ether oxygens (including phenoxy) is 1. The van der Waals surface area contributed by atoms with Gasteiger partial charge in [-0.3, -0.25) is 0 Å². The monoisotopic (exact) mass is 315 g/mol. The van der Waals surface area contributed by atoms with Crippen molar-refractivity contribution in [2.45, 2.75) is 27.7 Å². The van der Waals surface area contributed by atoms with Gasteiger partial charge in [0.05, 0.1) is 12.1 Å². The molecule has 1 rings (SSSR count). The normalized spacial score (nSPS) is 18.8. The topological polar surface area (TPSA) is 128 Å². The molecule has 0 aromatic carbocycles. The minimum atomic E-state index is -0.540. The SMILES string of the molecule is C\C(C#N)=C1/C(=C(C#N)C#N)C(=C/OC#N)/C1=C(/C#N)C(C)(C)C. The van der Waals surface area contributed by atoms with E-state index in [4.69, 9.17) is 15.8 Å². The van der Waals surface area contributed by atoms with Gasteiger partial charge < -0.3 is 4.74 Å². The molecule has 0 unspecified atom stereocenters. The van der Waals surface area contributed by atoms with E-state index >= 15 is 0 Å². The average Bonchev–Trinajstić information content (AvgIpc) is 2.52. The van der Waals surface area contributed by atoms with Crippen molar-refractivity contribution in [3.63, 3.8) is 0 Å². The van der Waals surface area contributed by atoms with Gasteiger partial charge in [0.25, 0.3) is 6.26 Å². The minimum absolute atomic E-state index is 0.206. The zero-order chi connectivity index (χ0) is 18.5. The molecule has 0 heterocycles. The van der Waals surface area contributed by atoms with Crippen LogP contribution in [0.1, 0.15) is 27.7 Å². The van der Waals surface area contributed by atoms with Crippen LogP contribution in [-0.4, -0.2) is 0 Å². The number of hydrogen-bond acceptors (Lipinski definition) is 6. The molecule has 1 aliphatic carbocycles. The predicted octanol–water partition coefficient (Wildman–Crippen LogP) is 3.43. The molecular weight excluding hydrogens is 302 g/mol. The molecule has 116 valence electrons. The number of rotatable bonds is 1. The van der Waals surface area contributed by atoms with Crippen LogP contribution in [0.15, 0.2) is 45.3 Å². The molecule has 0 aromatic rings. The summed E-state index contributed by atoms with van der Waals surface area (Å²) in [6.07, 6.45) is 2.58. The third-order valence-electron chi connectivity index (χ3n) is 3.40. The van der Waals surface area contributed by atoms with E-state index in [2.05, 4.69) is 10.8 Å². The molecule has 1 aliphatic rings. The minimum Gasteiger partial charge on any atom is -0.395 e. The molecule has 0 amide bonds. The summed E-state index contributed by atoms with van der Waals surface area (Å²) >= 11 is 0. The first kappa shape index (κ1) is 18.3. The zero-order valence-electron chi connectivity index (χ0n) is 13.7. The molecule has 0 aromatic heterocycles. The van der Waals surface area contributed by atoms with E-state index in [1.54, 1.807) is 19.1 Å². The molecule has 24 heavy (non-hydrogen) atoms.